The standard InChI is InChI=1S/C13H14O/c14-13-11-8-4-2-6-9-5-1-3-7-10(9)12(11)13/h1,3,5,7,11-12H,2,4,6,8H2. The van der Waals surface area contributed by atoms with Gasteiger partial charge in [-0.15, -0.1) is 0 Å². The Hall–Kier alpha value is -1.11. The first-order valence-electron chi connectivity index (χ1n) is 5.49. The molecule has 0 aromatic heterocycles. The first kappa shape index (κ1) is 8.22. The van der Waals surface area contributed by atoms with Crippen molar-refractivity contribution >= 4 is 5.78 Å². The number of hydrogen-bond acceptors (Lipinski definition) is 1. The lowest BCUT2D eigenvalue weighted by atomic mass is 9.93. The minimum absolute atomic E-state index is 0.270. The van der Waals surface area contributed by atoms with E-state index in [1.54, 1.807) is 0 Å². The smallest absolute Gasteiger partial charge is 0.145 e. The summed E-state index contributed by atoms with van der Waals surface area (Å²) in [6, 6.07) is 8.47. The van der Waals surface area contributed by atoms with Crippen molar-refractivity contribution in [2.75, 3.05) is 0 Å². The molecule has 14 heavy (non-hydrogen) atoms. The molecule has 1 aromatic carbocycles. The number of ketones is 1. The van der Waals surface area contributed by atoms with Crippen molar-refractivity contribution in [1.82, 2.24) is 0 Å². The summed E-state index contributed by atoms with van der Waals surface area (Å²) in [5.74, 6) is 1.13. The third-order valence-electron chi connectivity index (χ3n) is 3.57. The number of carbonyl (C=O) groups excluding carboxylic acids is 1. The normalized spacial score (nSPS) is 29.9. The molecule has 2 unspecified atom stereocenters. The Morgan fingerprint density at radius 1 is 1.14 bits per heavy atom. The van der Waals surface area contributed by atoms with Gasteiger partial charge in [-0.25, -0.2) is 0 Å². The first-order chi connectivity index (χ1) is 6.88. The van der Waals surface area contributed by atoms with Crippen molar-refractivity contribution in [3.63, 3.8) is 0 Å². The summed E-state index contributed by atoms with van der Waals surface area (Å²) in [6.07, 6.45) is 4.75. The van der Waals surface area contributed by atoms with Crippen LogP contribution in [0.15, 0.2) is 24.3 Å². The SMILES string of the molecule is O=C1C2CCCCc3ccccc3C12. The fraction of sp³-hybridized carbons (Fsp3) is 0.462. The summed E-state index contributed by atoms with van der Waals surface area (Å²) < 4.78 is 0. The van der Waals surface area contributed by atoms with Gasteiger partial charge in [-0.1, -0.05) is 30.7 Å². The Morgan fingerprint density at radius 3 is 2.93 bits per heavy atom. The average molecular weight is 186 g/mol. The van der Waals surface area contributed by atoms with Gasteiger partial charge in [0.05, 0.1) is 5.92 Å². The predicted molar refractivity (Wildman–Crippen MR) is 55.2 cm³/mol. The van der Waals surface area contributed by atoms with Gasteiger partial charge in [0.1, 0.15) is 5.78 Å². The molecule has 2 aliphatic rings. The van der Waals surface area contributed by atoms with Crippen LogP contribution >= 0.6 is 0 Å². The van der Waals surface area contributed by atoms with Crippen LogP contribution in [0.4, 0.5) is 0 Å². The van der Waals surface area contributed by atoms with Crippen molar-refractivity contribution in [3.8, 4) is 0 Å². The molecule has 1 heteroatoms. The lowest BCUT2D eigenvalue weighted by molar-refractivity contribution is -0.111. The fourth-order valence-electron chi connectivity index (χ4n) is 2.72. The lowest BCUT2D eigenvalue weighted by Gasteiger charge is -2.10. The maximum atomic E-state index is 11.6. The number of aryl methyl sites for hydroxylation is 1. The van der Waals surface area contributed by atoms with E-state index in [1.165, 1.54) is 24.0 Å². The molecule has 0 saturated heterocycles. The number of hydrogen-bond donors (Lipinski definition) is 0. The molecule has 1 saturated carbocycles. The van der Waals surface area contributed by atoms with Crippen LogP contribution in [0.25, 0.3) is 0 Å². The molecular formula is C13H14O. The van der Waals surface area contributed by atoms with E-state index in [0.29, 0.717) is 11.7 Å². The Kier molecular flexibility index (Phi) is 1.73. The van der Waals surface area contributed by atoms with Gasteiger partial charge >= 0.3 is 0 Å². The third kappa shape index (κ3) is 1.12. The van der Waals surface area contributed by atoms with Crippen molar-refractivity contribution in [3.05, 3.63) is 35.4 Å². The predicted octanol–water partition coefficient (Wildman–Crippen LogP) is 2.70. The molecule has 2 atom stereocenters. The third-order valence-corrected chi connectivity index (χ3v) is 3.57. The summed E-state index contributed by atoms with van der Waals surface area (Å²) in [5, 5.41) is 0. The van der Waals surface area contributed by atoms with E-state index in [1.807, 2.05) is 0 Å². The summed E-state index contributed by atoms with van der Waals surface area (Å²) >= 11 is 0. The molecule has 2 aliphatic carbocycles. The van der Waals surface area contributed by atoms with Gasteiger partial charge in [-0.2, -0.15) is 0 Å². The highest BCUT2D eigenvalue weighted by atomic mass is 16.1. The van der Waals surface area contributed by atoms with Gasteiger partial charge in [0.25, 0.3) is 0 Å². The maximum Gasteiger partial charge on any atom is 0.145 e. The van der Waals surface area contributed by atoms with Crippen LogP contribution in [0, 0.1) is 5.92 Å². The monoisotopic (exact) mass is 186 g/mol. The van der Waals surface area contributed by atoms with Crippen LogP contribution in [0.2, 0.25) is 0 Å². The summed E-state index contributed by atoms with van der Waals surface area (Å²) in [4.78, 5) is 11.6. The topological polar surface area (TPSA) is 17.1 Å². The van der Waals surface area contributed by atoms with Crippen molar-refractivity contribution < 1.29 is 4.79 Å². The second-order valence-electron chi connectivity index (χ2n) is 4.43. The minimum Gasteiger partial charge on any atom is -0.299 e. The van der Waals surface area contributed by atoms with Crippen molar-refractivity contribution in [1.29, 1.82) is 0 Å². The molecular weight excluding hydrogens is 172 g/mol. The Bertz CT molecular complexity index is 381. The summed E-state index contributed by atoms with van der Waals surface area (Å²) in [5.41, 5.74) is 2.73. The van der Waals surface area contributed by atoms with Crippen LogP contribution in [0.5, 0.6) is 0 Å². The van der Waals surface area contributed by atoms with E-state index in [2.05, 4.69) is 24.3 Å². The van der Waals surface area contributed by atoms with E-state index in [0.717, 1.165) is 12.8 Å². The van der Waals surface area contributed by atoms with Gasteiger partial charge in [-0.05, 0) is 30.4 Å². The Labute approximate surface area is 84.1 Å². The first-order valence-corrected chi connectivity index (χ1v) is 5.49. The molecule has 0 bridgehead atoms. The highest BCUT2D eigenvalue weighted by Crippen LogP contribution is 2.48. The van der Waals surface area contributed by atoms with E-state index >= 15 is 0 Å². The number of Topliss-reactive ketones (excluding diaryl/α,β-unsaturated/α-hetero) is 1. The Balaban J connectivity index is 2.05. The van der Waals surface area contributed by atoms with Crippen LogP contribution in [0.1, 0.15) is 36.3 Å². The Morgan fingerprint density at radius 2 is 2.00 bits per heavy atom. The molecule has 0 aliphatic heterocycles. The van der Waals surface area contributed by atoms with E-state index in [4.69, 9.17) is 0 Å². The number of rotatable bonds is 0. The molecule has 0 N–H and O–H groups in total. The largest absolute Gasteiger partial charge is 0.299 e. The highest BCUT2D eigenvalue weighted by molar-refractivity contribution is 6.04. The van der Waals surface area contributed by atoms with Gasteiger partial charge in [0.2, 0.25) is 0 Å². The van der Waals surface area contributed by atoms with Crippen molar-refractivity contribution in [2.45, 2.75) is 31.6 Å². The average Bonchev–Trinajstić information content (AvgIpc) is 2.79. The summed E-state index contributed by atoms with van der Waals surface area (Å²) in [6.45, 7) is 0. The van der Waals surface area contributed by atoms with E-state index in [9.17, 15) is 4.79 Å². The number of carbonyl (C=O) groups is 1. The van der Waals surface area contributed by atoms with Crippen LogP contribution in [0.3, 0.4) is 0 Å². The van der Waals surface area contributed by atoms with Crippen LogP contribution in [-0.4, -0.2) is 5.78 Å². The lowest BCUT2D eigenvalue weighted by Crippen LogP contribution is -1.97. The van der Waals surface area contributed by atoms with Gasteiger partial charge in [0.15, 0.2) is 0 Å². The van der Waals surface area contributed by atoms with Crippen molar-refractivity contribution in [2.24, 2.45) is 5.92 Å². The molecule has 0 heterocycles. The molecule has 0 radical (unpaired) electrons. The molecule has 1 fully saturated rings. The molecule has 72 valence electrons. The molecule has 1 nitrogen and oxygen atoms in total. The zero-order chi connectivity index (χ0) is 9.54. The highest BCUT2D eigenvalue weighted by Gasteiger charge is 2.50. The van der Waals surface area contributed by atoms with E-state index < -0.39 is 0 Å². The quantitative estimate of drug-likeness (QED) is 0.609. The summed E-state index contributed by atoms with van der Waals surface area (Å²) in [7, 11) is 0. The molecule has 0 spiro atoms. The maximum absolute atomic E-state index is 11.6. The molecule has 3 rings (SSSR count). The number of benzene rings is 1. The molecule has 1 aromatic rings. The second kappa shape index (κ2) is 2.94. The zero-order valence-electron chi connectivity index (χ0n) is 8.20. The molecule has 0 amide bonds. The van der Waals surface area contributed by atoms with Gasteiger partial charge in [-0.3, -0.25) is 4.79 Å². The minimum atomic E-state index is 0.270. The zero-order valence-corrected chi connectivity index (χ0v) is 8.20. The van der Waals surface area contributed by atoms with Gasteiger partial charge in [0, 0.05) is 5.92 Å². The van der Waals surface area contributed by atoms with Crippen LogP contribution < -0.4 is 0 Å². The van der Waals surface area contributed by atoms with Gasteiger partial charge < -0.3 is 0 Å². The number of fused-ring (bicyclic) bond motifs is 3. The van der Waals surface area contributed by atoms with Crippen LogP contribution in [-0.2, 0) is 11.2 Å². The fourth-order valence-corrected chi connectivity index (χ4v) is 2.72. The van der Waals surface area contributed by atoms with E-state index in [-0.39, 0.29) is 5.92 Å². The second-order valence-corrected chi connectivity index (χ2v) is 4.43.